The first-order valence-electron chi connectivity index (χ1n) is 8.97. The highest BCUT2D eigenvalue weighted by atomic mass is 16.2. The maximum absolute atomic E-state index is 12.5. The number of hydrogen-bond donors (Lipinski definition) is 0. The van der Waals surface area contributed by atoms with Crippen LogP contribution in [0.2, 0.25) is 0 Å². The van der Waals surface area contributed by atoms with Crippen molar-refractivity contribution in [1.29, 1.82) is 5.26 Å². The Morgan fingerprint density at radius 3 is 2.62 bits per heavy atom. The number of carbonyl (C=O) groups excluding carboxylic acids is 1. The third-order valence-corrected chi connectivity index (χ3v) is 4.85. The fraction of sp³-hybridized carbons (Fsp3) is 0.556. The molecule has 8 heteroatoms. The zero-order chi connectivity index (χ0) is 18.7. The molecule has 0 radical (unpaired) electrons. The van der Waals surface area contributed by atoms with Crippen molar-refractivity contribution in [3.8, 4) is 6.07 Å². The van der Waals surface area contributed by atoms with E-state index >= 15 is 0 Å². The molecule has 1 unspecified atom stereocenters. The standard InChI is InChI=1S/C18H24N6O2/c1-14(2)15(13-19)21-9-11-22(12-10-21)17(25)6-8-24-18(26)23-7-4-3-5-16(23)20-24/h3-5,7,14-15H,6,8-12H2,1-2H3. The number of amides is 1. The number of carbonyl (C=O) groups is 1. The van der Waals surface area contributed by atoms with E-state index in [9.17, 15) is 14.9 Å². The number of pyridine rings is 1. The van der Waals surface area contributed by atoms with Gasteiger partial charge in [0.15, 0.2) is 5.65 Å². The summed E-state index contributed by atoms with van der Waals surface area (Å²) in [6.45, 7) is 6.99. The zero-order valence-electron chi connectivity index (χ0n) is 15.2. The van der Waals surface area contributed by atoms with E-state index in [4.69, 9.17) is 0 Å². The molecular weight excluding hydrogens is 332 g/mol. The lowest BCUT2D eigenvalue weighted by Gasteiger charge is -2.38. The Hall–Kier alpha value is -2.66. The third kappa shape index (κ3) is 3.63. The summed E-state index contributed by atoms with van der Waals surface area (Å²) < 4.78 is 2.81. The molecule has 1 aliphatic heterocycles. The molecule has 0 spiro atoms. The van der Waals surface area contributed by atoms with Gasteiger partial charge >= 0.3 is 5.69 Å². The first kappa shape index (κ1) is 18.1. The molecule has 3 rings (SSSR count). The summed E-state index contributed by atoms with van der Waals surface area (Å²) >= 11 is 0. The lowest BCUT2D eigenvalue weighted by molar-refractivity contribution is -0.133. The molecule has 2 aromatic rings. The monoisotopic (exact) mass is 356 g/mol. The average Bonchev–Trinajstić information content (AvgIpc) is 2.97. The number of nitriles is 1. The van der Waals surface area contributed by atoms with E-state index in [1.54, 1.807) is 18.3 Å². The van der Waals surface area contributed by atoms with Gasteiger partial charge in [0.25, 0.3) is 0 Å². The summed E-state index contributed by atoms with van der Waals surface area (Å²) in [7, 11) is 0. The molecule has 0 N–H and O–H groups in total. The van der Waals surface area contributed by atoms with Gasteiger partial charge in [-0.1, -0.05) is 19.9 Å². The first-order valence-corrected chi connectivity index (χ1v) is 8.97. The number of rotatable bonds is 5. The molecule has 138 valence electrons. The van der Waals surface area contributed by atoms with Crippen molar-refractivity contribution in [2.75, 3.05) is 26.2 Å². The minimum absolute atomic E-state index is 0.0201. The Kier molecular flexibility index (Phi) is 5.38. The molecule has 0 aromatic carbocycles. The van der Waals surface area contributed by atoms with Gasteiger partial charge in [-0.3, -0.25) is 14.1 Å². The topological polar surface area (TPSA) is 86.6 Å². The van der Waals surface area contributed by atoms with Crippen molar-refractivity contribution in [3.63, 3.8) is 0 Å². The molecule has 2 aromatic heterocycles. The van der Waals surface area contributed by atoms with Crippen LogP contribution in [0.5, 0.6) is 0 Å². The Morgan fingerprint density at radius 1 is 1.27 bits per heavy atom. The fourth-order valence-electron chi connectivity index (χ4n) is 3.38. The first-order chi connectivity index (χ1) is 12.5. The van der Waals surface area contributed by atoms with Crippen LogP contribution < -0.4 is 5.69 Å². The second-order valence-electron chi connectivity index (χ2n) is 6.92. The number of aryl methyl sites for hydroxylation is 1. The SMILES string of the molecule is CC(C)C(C#N)N1CCN(C(=O)CCn2nc3ccccn3c2=O)CC1. The molecule has 0 aliphatic carbocycles. The number of fused-ring (bicyclic) bond motifs is 1. The van der Waals surface area contributed by atoms with Gasteiger partial charge in [-0.15, -0.1) is 5.10 Å². The van der Waals surface area contributed by atoms with Gasteiger partial charge in [0.05, 0.1) is 12.6 Å². The van der Waals surface area contributed by atoms with E-state index in [-0.39, 0.29) is 36.5 Å². The van der Waals surface area contributed by atoms with Crippen LogP contribution in [0.1, 0.15) is 20.3 Å². The molecule has 1 atom stereocenters. The van der Waals surface area contributed by atoms with E-state index in [0.29, 0.717) is 31.8 Å². The fourth-order valence-corrected chi connectivity index (χ4v) is 3.38. The second kappa shape index (κ2) is 7.70. The summed E-state index contributed by atoms with van der Waals surface area (Å²) in [5.74, 6) is 0.288. The van der Waals surface area contributed by atoms with Gasteiger partial charge in [-0.25, -0.2) is 9.48 Å². The number of hydrogen-bond acceptors (Lipinski definition) is 5. The minimum Gasteiger partial charge on any atom is -0.340 e. The Balaban J connectivity index is 1.55. The van der Waals surface area contributed by atoms with Gasteiger partial charge in [-0.2, -0.15) is 5.26 Å². The van der Waals surface area contributed by atoms with Crippen LogP contribution in [-0.4, -0.2) is 62.1 Å². The smallest absolute Gasteiger partial charge is 0.340 e. The summed E-state index contributed by atoms with van der Waals surface area (Å²) in [4.78, 5) is 28.7. The van der Waals surface area contributed by atoms with Crippen molar-refractivity contribution in [3.05, 3.63) is 34.9 Å². The van der Waals surface area contributed by atoms with Crippen LogP contribution in [0.15, 0.2) is 29.2 Å². The van der Waals surface area contributed by atoms with Crippen LogP contribution in [0, 0.1) is 17.2 Å². The van der Waals surface area contributed by atoms with Crippen molar-refractivity contribution in [1.82, 2.24) is 24.0 Å². The molecule has 1 aliphatic rings. The highest BCUT2D eigenvalue weighted by Gasteiger charge is 2.27. The van der Waals surface area contributed by atoms with Gasteiger partial charge in [0, 0.05) is 38.8 Å². The van der Waals surface area contributed by atoms with E-state index < -0.39 is 0 Å². The molecule has 1 saturated heterocycles. The molecule has 3 heterocycles. The molecule has 1 fully saturated rings. The number of aromatic nitrogens is 3. The summed E-state index contributed by atoms with van der Waals surface area (Å²) in [5.41, 5.74) is 0.349. The third-order valence-electron chi connectivity index (χ3n) is 4.85. The normalized spacial score (nSPS) is 16.8. The Labute approximate surface area is 152 Å². The van der Waals surface area contributed by atoms with E-state index in [0.717, 1.165) is 0 Å². The molecule has 1 amide bonds. The van der Waals surface area contributed by atoms with Crippen molar-refractivity contribution in [2.45, 2.75) is 32.9 Å². The lowest BCUT2D eigenvalue weighted by atomic mass is 10.0. The predicted molar refractivity (Wildman–Crippen MR) is 96.5 cm³/mol. The van der Waals surface area contributed by atoms with E-state index in [1.807, 2.05) is 24.8 Å². The van der Waals surface area contributed by atoms with Gasteiger partial charge < -0.3 is 4.90 Å². The van der Waals surface area contributed by atoms with Crippen LogP contribution in [0.3, 0.4) is 0 Å². The van der Waals surface area contributed by atoms with Crippen LogP contribution >= 0.6 is 0 Å². The van der Waals surface area contributed by atoms with Crippen molar-refractivity contribution < 1.29 is 4.79 Å². The minimum atomic E-state index is -0.230. The van der Waals surface area contributed by atoms with Crippen molar-refractivity contribution >= 4 is 11.6 Å². The molecule has 8 nitrogen and oxygen atoms in total. The highest BCUT2D eigenvalue weighted by molar-refractivity contribution is 5.76. The molecular formula is C18H24N6O2. The summed E-state index contributed by atoms with van der Waals surface area (Å²) in [5, 5.41) is 13.6. The average molecular weight is 356 g/mol. The van der Waals surface area contributed by atoms with Crippen LogP contribution in [-0.2, 0) is 11.3 Å². The lowest BCUT2D eigenvalue weighted by Crippen LogP contribution is -2.53. The Morgan fingerprint density at radius 2 is 2.00 bits per heavy atom. The van der Waals surface area contributed by atoms with Crippen molar-refractivity contribution in [2.24, 2.45) is 5.92 Å². The molecule has 0 saturated carbocycles. The highest BCUT2D eigenvalue weighted by Crippen LogP contribution is 2.13. The maximum atomic E-state index is 12.5. The van der Waals surface area contributed by atoms with Gasteiger partial charge in [0.2, 0.25) is 5.91 Å². The largest absolute Gasteiger partial charge is 0.350 e. The molecule has 26 heavy (non-hydrogen) atoms. The summed E-state index contributed by atoms with van der Waals surface area (Å²) in [6.07, 6.45) is 1.91. The maximum Gasteiger partial charge on any atom is 0.350 e. The zero-order valence-corrected chi connectivity index (χ0v) is 15.2. The Bertz CT molecular complexity index is 870. The quantitative estimate of drug-likeness (QED) is 0.782. The van der Waals surface area contributed by atoms with Gasteiger partial charge in [0.1, 0.15) is 6.04 Å². The predicted octanol–water partition coefficient (Wildman–Crippen LogP) is 0.578. The van der Waals surface area contributed by atoms with Gasteiger partial charge in [-0.05, 0) is 18.1 Å². The van der Waals surface area contributed by atoms with Crippen LogP contribution in [0.4, 0.5) is 0 Å². The number of piperazine rings is 1. The van der Waals surface area contributed by atoms with E-state index in [1.165, 1.54) is 9.08 Å². The second-order valence-corrected chi connectivity index (χ2v) is 6.92. The number of nitrogens with zero attached hydrogens (tertiary/aromatic N) is 6. The molecule has 0 bridgehead atoms. The summed E-state index contributed by atoms with van der Waals surface area (Å²) in [6, 6.07) is 7.61. The van der Waals surface area contributed by atoms with Crippen LogP contribution in [0.25, 0.3) is 5.65 Å². The van der Waals surface area contributed by atoms with E-state index in [2.05, 4.69) is 16.1 Å².